The summed E-state index contributed by atoms with van der Waals surface area (Å²) in [5.41, 5.74) is 2.17. The van der Waals surface area contributed by atoms with Crippen LogP contribution >= 0.6 is 0 Å². The average Bonchev–Trinajstić information content (AvgIpc) is 2.61. The fraction of sp³-hybridized carbons (Fsp3) is 0.333. The summed E-state index contributed by atoms with van der Waals surface area (Å²) in [5, 5.41) is -0.969. The summed E-state index contributed by atoms with van der Waals surface area (Å²) < 4.78 is 52.2. The highest BCUT2D eigenvalue weighted by Crippen LogP contribution is 2.51. The Morgan fingerprint density at radius 2 is 1.54 bits per heavy atom. The van der Waals surface area contributed by atoms with Crippen molar-refractivity contribution in [1.82, 2.24) is 0 Å². The lowest BCUT2D eigenvalue weighted by atomic mass is 9.69. The summed E-state index contributed by atoms with van der Waals surface area (Å²) in [6, 6.07) is 5.97. The Morgan fingerprint density at radius 1 is 0.875 bits per heavy atom. The summed E-state index contributed by atoms with van der Waals surface area (Å²) in [6.07, 6.45) is 8.32. The van der Waals surface area contributed by atoms with Gasteiger partial charge in [-0.15, -0.1) is 0 Å². The Hall–Kier alpha value is -1.66. The average molecular weight is 360 g/mol. The molecule has 124 valence electrons. The maximum absolute atomic E-state index is 13.1. The molecular formula is C18H16O4S2. The van der Waals surface area contributed by atoms with Crippen LogP contribution in [0.5, 0.6) is 0 Å². The van der Waals surface area contributed by atoms with Crippen LogP contribution in [0.25, 0.3) is 0 Å². The minimum absolute atomic E-state index is 0.0484. The van der Waals surface area contributed by atoms with Crippen molar-refractivity contribution in [3.63, 3.8) is 0 Å². The molecule has 0 saturated heterocycles. The van der Waals surface area contributed by atoms with Crippen molar-refractivity contribution in [2.24, 2.45) is 11.8 Å². The molecule has 1 aromatic carbocycles. The van der Waals surface area contributed by atoms with Gasteiger partial charge in [-0.05, 0) is 49.0 Å². The van der Waals surface area contributed by atoms with Crippen LogP contribution in [-0.2, 0) is 19.7 Å². The van der Waals surface area contributed by atoms with Crippen molar-refractivity contribution in [3.05, 3.63) is 58.5 Å². The van der Waals surface area contributed by atoms with E-state index in [1.54, 1.807) is 18.2 Å². The van der Waals surface area contributed by atoms with Gasteiger partial charge in [-0.2, -0.15) is 0 Å². The first-order valence-electron chi connectivity index (χ1n) is 8.11. The normalized spacial score (nSPS) is 34.2. The highest BCUT2D eigenvalue weighted by molar-refractivity contribution is 8.01. The summed E-state index contributed by atoms with van der Waals surface area (Å²) >= 11 is 0. The van der Waals surface area contributed by atoms with Gasteiger partial charge in [0.15, 0.2) is 9.84 Å². The number of hydrogen-bond donors (Lipinski definition) is 0. The first-order valence-corrected chi connectivity index (χ1v) is 11.1. The number of hydrogen-bond acceptors (Lipinski definition) is 4. The van der Waals surface area contributed by atoms with Gasteiger partial charge in [0, 0.05) is 5.92 Å². The monoisotopic (exact) mass is 360 g/mol. The summed E-state index contributed by atoms with van der Waals surface area (Å²) in [5.74, 6) is 0.492. The van der Waals surface area contributed by atoms with Gasteiger partial charge in [0.2, 0.25) is 9.84 Å². The Bertz CT molecular complexity index is 1070. The van der Waals surface area contributed by atoms with Gasteiger partial charge >= 0.3 is 0 Å². The lowest BCUT2D eigenvalue weighted by Gasteiger charge is -2.41. The predicted molar refractivity (Wildman–Crippen MR) is 89.7 cm³/mol. The predicted octanol–water partition coefficient (Wildman–Crippen LogP) is 2.80. The van der Waals surface area contributed by atoms with Crippen LogP contribution in [0, 0.1) is 11.8 Å². The minimum Gasteiger partial charge on any atom is -0.223 e. The van der Waals surface area contributed by atoms with Crippen molar-refractivity contribution in [3.8, 4) is 0 Å². The third-order valence-corrected chi connectivity index (χ3v) is 10.1. The fourth-order valence-corrected chi connectivity index (χ4v) is 9.23. The molecule has 6 heteroatoms. The van der Waals surface area contributed by atoms with E-state index in [1.807, 2.05) is 0 Å². The fourth-order valence-electron chi connectivity index (χ4n) is 4.54. The van der Waals surface area contributed by atoms with Gasteiger partial charge in [0.25, 0.3) is 0 Å². The van der Waals surface area contributed by atoms with Crippen molar-refractivity contribution < 1.29 is 16.8 Å². The van der Waals surface area contributed by atoms with Crippen molar-refractivity contribution >= 4 is 19.7 Å². The first-order chi connectivity index (χ1) is 11.4. The molecule has 4 nitrogen and oxygen atoms in total. The number of allylic oxidation sites excluding steroid dienone is 5. The Labute approximate surface area is 141 Å². The largest absolute Gasteiger partial charge is 0.223 e. The van der Waals surface area contributed by atoms with E-state index >= 15 is 0 Å². The summed E-state index contributed by atoms with van der Waals surface area (Å²) in [7, 11) is -7.44. The molecule has 1 heterocycles. The quantitative estimate of drug-likeness (QED) is 0.667. The van der Waals surface area contributed by atoms with Gasteiger partial charge < -0.3 is 0 Å². The standard InChI is InChI=1S/C18H16O4S2/c19-23(20)15-3-1-2-4-16(15)24(21,22)18-10-14-12-7-5-11(6-8-12)13(14)9-17(18)23/h1-5,7,9,11-12,18H,6,8,10H2/t11-,12+,18?/m0/s1. The van der Waals surface area contributed by atoms with E-state index in [9.17, 15) is 16.8 Å². The molecule has 1 unspecified atom stereocenters. The van der Waals surface area contributed by atoms with Crippen LogP contribution in [0.3, 0.4) is 0 Å². The van der Waals surface area contributed by atoms with E-state index in [0.29, 0.717) is 6.42 Å². The molecule has 1 aliphatic heterocycles. The SMILES string of the molecule is O=S1(=O)C2=CC3=C(CC2S(=O)(=O)c2ccccc21)[C@@H]1C=C[C@H]3CC1. The molecule has 1 aromatic rings. The van der Waals surface area contributed by atoms with Gasteiger partial charge in [0.1, 0.15) is 5.25 Å². The maximum Gasteiger partial charge on any atom is 0.205 e. The van der Waals surface area contributed by atoms with E-state index in [-0.39, 0.29) is 26.5 Å². The first kappa shape index (κ1) is 14.7. The van der Waals surface area contributed by atoms with Crippen LogP contribution < -0.4 is 0 Å². The van der Waals surface area contributed by atoms with E-state index in [0.717, 1.165) is 24.0 Å². The van der Waals surface area contributed by atoms with E-state index in [1.165, 1.54) is 12.1 Å². The third kappa shape index (κ3) is 1.68. The van der Waals surface area contributed by atoms with Crippen molar-refractivity contribution in [2.45, 2.75) is 34.3 Å². The molecule has 4 aliphatic carbocycles. The second kappa shape index (κ2) is 4.49. The highest BCUT2D eigenvalue weighted by Gasteiger charge is 2.49. The summed E-state index contributed by atoms with van der Waals surface area (Å²) in [4.78, 5) is -0.0540. The molecule has 3 atom stereocenters. The second-order valence-electron chi connectivity index (χ2n) is 6.89. The molecule has 24 heavy (non-hydrogen) atoms. The van der Waals surface area contributed by atoms with E-state index < -0.39 is 24.9 Å². The van der Waals surface area contributed by atoms with Crippen LogP contribution in [0.2, 0.25) is 0 Å². The molecule has 5 aliphatic rings. The molecule has 0 fully saturated rings. The van der Waals surface area contributed by atoms with Crippen LogP contribution in [0.1, 0.15) is 19.3 Å². The van der Waals surface area contributed by atoms with Gasteiger partial charge in [-0.1, -0.05) is 29.9 Å². The smallest absolute Gasteiger partial charge is 0.205 e. The van der Waals surface area contributed by atoms with Crippen molar-refractivity contribution in [2.75, 3.05) is 0 Å². The van der Waals surface area contributed by atoms with Crippen molar-refractivity contribution in [1.29, 1.82) is 0 Å². The molecule has 2 bridgehead atoms. The lowest BCUT2D eigenvalue weighted by Crippen LogP contribution is -2.38. The Balaban J connectivity index is 1.80. The summed E-state index contributed by atoms with van der Waals surface area (Å²) in [6.45, 7) is 0. The van der Waals surface area contributed by atoms with Gasteiger partial charge in [-0.25, -0.2) is 16.8 Å². The van der Waals surface area contributed by atoms with E-state index in [2.05, 4.69) is 12.2 Å². The number of rotatable bonds is 0. The molecule has 6 rings (SSSR count). The zero-order valence-corrected chi connectivity index (χ0v) is 14.5. The zero-order chi connectivity index (χ0) is 16.7. The zero-order valence-electron chi connectivity index (χ0n) is 12.8. The van der Waals surface area contributed by atoms with E-state index in [4.69, 9.17) is 0 Å². The van der Waals surface area contributed by atoms with Crippen LogP contribution in [0.4, 0.5) is 0 Å². The number of fused-ring (bicyclic) bond motifs is 3. The molecule has 0 N–H and O–H groups in total. The molecule has 0 spiro atoms. The molecule has 0 saturated carbocycles. The number of sulfone groups is 2. The van der Waals surface area contributed by atoms with Gasteiger partial charge in [0.05, 0.1) is 14.7 Å². The van der Waals surface area contributed by atoms with Crippen LogP contribution in [-0.4, -0.2) is 22.1 Å². The molecule has 0 amide bonds. The maximum atomic E-state index is 13.1. The third-order valence-electron chi connectivity index (χ3n) is 5.73. The van der Waals surface area contributed by atoms with Gasteiger partial charge in [-0.3, -0.25) is 0 Å². The lowest BCUT2D eigenvalue weighted by molar-refractivity contribution is 0.468. The highest BCUT2D eigenvalue weighted by atomic mass is 32.2. The second-order valence-corrected chi connectivity index (χ2v) is 10.9. The molecular weight excluding hydrogens is 344 g/mol. The Kier molecular flexibility index (Phi) is 2.74. The Morgan fingerprint density at radius 3 is 2.25 bits per heavy atom. The molecule has 0 radical (unpaired) electrons. The number of benzene rings is 1. The topological polar surface area (TPSA) is 68.3 Å². The minimum atomic E-state index is -3.76. The molecule has 0 aromatic heterocycles. The van der Waals surface area contributed by atoms with Crippen LogP contribution in [0.15, 0.2) is 68.3 Å².